The van der Waals surface area contributed by atoms with Gasteiger partial charge in [0, 0.05) is 64.6 Å². The van der Waals surface area contributed by atoms with E-state index >= 15 is 0 Å². The van der Waals surface area contributed by atoms with E-state index in [0.29, 0.717) is 6.04 Å². The van der Waals surface area contributed by atoms with Crippen LogP contribution in [-0.2, 0) is 0 Å². The van der Waals surface area contributed by atoms with Crippen LogP contribution < -0.4 is 15.5 Å². The molecule has 1 unspecified atom stereocenters. The maximum atomic E-state index is 4.43. The Hall–Kier alpha value is -1.79. The lowest BCUT2D eigenvalue weighted by Gasteiger charge is -2.34. The van der Waals surface area contributed by atoms with Gasteiger partial charge in [-0.15, -0.1) is 0 Å². The van der Waals surface area contributed by atoms with E-state index in [0.717, 1.165) is 32.0 Å². The lowest BCUT2D eigenvalue weighted by molar-refractivity contribution is 0.136. The summed E-state index contributed by atoms with van der Waals surface area (Å²) in [4.78, 5) is 12.0. The summed E-state index contributed by atoms with van der Waals surface area (Å²) in [5.74, 6) is 0.942. The van der Waals surface area contributed by atoms with Crippen LogP contribution in [0, 0.1) is 6.92 Å². The molecule has 1 aromatic rings. The predicted octanol–water partition coefficient (Wildman–Crippen LogP) is 2.16. The number of hydrogen-bond acceptors (Lipinski definition) is 4. The van der Waals surface area contributed by atoms with E-state index in [1.807, 2.05) is 7.05 Å². The number of guanidine groups is 1. The van der Waals surface area contributed by atoms with Crippen LogP contribution in [0.2, 0.25) is 0 Å². The Bertz CT molecular complexity index is 621. The maximum Gasteiger partial charge on any atom is 0.191 e. The van der Waals surface area contributed by atoms with Crippen LogP contribution in [-0.4, -0.2) is 87.8 Å². The number of aryl methyl sites for hydroxylation is 1. The summed E-state index contributed by atoms with van der Waals surface area (Å²) in [6.07, 6.45) is 3.59. The molecule has 29 heavy (non-hydrogen) atoms. The molecule has 6 nitrogen and oxygen atoms in total. The second kappa shape index (κ2) is 11.4. The number of rotatable bonds is 8. The molecule has 2 N–H and O–H groups in total. The highest BCUT2D eigenvalue weighted by molar-refractivity contribution is 5.80. The first kappa shape index (κ1) is 21.9. The minimum absolute atomic E-state index is 0.456. The van der Waals surface area contributed by atoms with Crippen LogP contribution in [0.15, 0.2) is 29.3 Å². The molecule has 2 aliphatic heterocycles. The third kappa shape index (κ3) is 6.89. The van der Waals surface area contributed by atoms with E-state index in [-0.39, 0.29) is 0 Å². The highest BCUT2D eigenvalue weighted by atomic mass is 15.3. The molecule has 2 aliphatic rings. The monoisotopic (exact) mass is 400 g/mol. The Balaban J connectivity index is 1.29. The molecule has 0 radical (unpaired) electrons. The maximum absolute atomic E-state index is 4.43. The Morgan fingerprint density at radius 2 is 1.76 bits per heavy atom. The van der Waals surface area contributed by atoms with E-state index < -0.39 is 0 Å². The van der Waals surface area contributed by atoms with Crippen molar-refractivity contribution in [3.05, 3.63) is 29.8 Å². The Morgan fingerprint density at radius 3 is 2.45 bits per heavy atom. The average Bonchev–Trinajstić information content (AvgIpc) is 3.22. The number of nitrogens with one attached hydrogen (secondary N) is 2. The Kier molecular flexibility index (Phi) is 8.62. The quantitative estimate of drug-likeness (QED) is 0.398. The highest BCUT2D eigenvalue weighted by Gasteiger charge is 2.23. The first-order valence-electron chi connectivity index (χ1n) is 11.4. The van der Waals surface area contributed by atoms with Gasteiger partial charge in [-0.05, 0) is 51.4 Å². The molecule has 2 heterocycles. The molecule has 0 spiro atoms. The molecule has 0 aromatic heterocycles. The molecule has 3 rings (SSSR count). The standard InChI is InChI=1S/C23H40N6/c1-4-27-15-17-28(18-16-27)13-6-5-12-25-23(24-3)26-21-11-14-29(19-21)22-9-7-20(2)8-10-22/h7-10,21H,4-6,11-19H2,1-3H3,(H2,24,25,26). The second-order valence-electron chi connectivity index (χ2n) is 8.39. The fourth-order valence-electron chi connectivity index (χ4n) is 4.25. The minimum atomic E-state index is 0.456. The Labute approximate surface area is 177 Å². The summed E-state index contributed by atoms with van der Waals surface area (Å²) in [6.45, 7) is 14.8. The van der Waals surface area contributed by atoms with Crippen molar-refractivity contribution in [2.75, 3.05) is 70.9 Å². The van der Waals surface area contributed by atoms with Crippen molar-refractivity contribution in [1.82, 2.24) is 20.4 Å². The highest BCUT2D eigenvalue weighted by Crippen LogP contribution is 2.20. The third-order valence-electron chi connectivity index (χ3n) is 6.26. The van der Waals surface area contributed by atoms with Gasteiger partial charge in [0.1, 0.15) is 0 Å². The zero-order valence-corrected chi connectivity index (χ0v) is 18.7. The van der Waals surface area contributed by atoms with Gasteiger partial charge in [0.05, 0.1) is 0 Å². The first-order chi connectivity index (χ1) is 14.2. The second-order valence-corrected chi connectivity index (χ2v) is 8.39. The molecule has 0 bridgehead atoms. The third-order valence-corrected chi connectivity index (χ3v) is 6.26. The van der Waals surface area contributed by atoms with Crippen LogP contribution in [0.5, 0.6) is 0 Å². The van der Waals surface area contributed by atoms with Gasteiger partial charge in [0.15, 0.2) is 5.96 Å². The van der Waals surface area contributed by atoms with Crippen molar-refractivity contribution in [2.24, 2.45) is 4.99 Å². The number of piperazine rings is 1. The summed E-state index contributed by atoms with van der Waals surface area (Å²) in [6, 6.07) is 9.30. The number of hydrogen-bond donors (Lipinski definition) is 2. The molecule has 1 aromatic carbocycles. The zero-order chi connectivity index (χ0) is 20.5. The van der Waals surface area contributed by atoms with E-state index in [9.17, 15) is 0 Å². The number of anilines is 1. The molecule has 2 saturated heterocycles. The van der Waals surface area contributed by atoms with Crippen molar-refractivity contribution in [3.8, 4) is 0 Å². The van der Waals surface area contributed by atoms with Crippen molar-refractivity contribution in [3.63, 3.8) is 0 Å². The van der Waals surface area contributed by atoms with Crippen molar-refractivity contribution >= 4 is 11.6 Å². The van der Waals surface area contributed by atoms with Gasteiger partial charge in [-0.3, -0.25) is 4.99 Å². The van der Waals surface area contributed by atoms with Crippen molar-refractivity contribution < 1.29 is 0 Å². The minimum Gasteiger partial charge on any atom is -0.369 e. The van der Waals surface area contributed by atoms with Crippen LogP contribution >= 0.6 is 0 Å². The SMILES string of the molecule is CCN1CCN(CCCCNC(=NC)NC2CCN(c3ccc(C)cc3)C2)CC1. The van der Waals surface area contributed by atoms with Gasteiger partial charge < -0.3 is 25.3 Å². The summed E-state index contributed by atoms with van der Waals surface area (Å²) in [5.41, 5.74) is 2.64. The van der Waals surface area contributed by atoms with Gasteiger partial charge in [-0.1, -0.05) is 24.6 Å². The molecule has 1 atom stereocenters. The zero-order valence-electron chi connectivity index (χ0n) is 18.7. The van der Waals surface area contributed by atoms with Gasteiger partial charge in [-0.2, -0.15) is 0 Å². The largest absolute Gasteiger partial charge is 0.369 e. The lowest BCUT2D eigenvalue weighted by atomic mass is 10.2. The average molecular weight is 401 g/mol. The number of unbranched alkanes of at least 4 members (excludes halogenated alkanes) is 1. The molecule has 0 aliphatic carbocycles. The van der Waals surface area contributed by atoms with Crippen LogP contribution in [0.1, 0.15) is 31.7 Å². The molecular formula is C23H40N6. The Morgan fingerprint density at radius 1 is 1.03 bits per heavy atom. The molecule has 2 fully saturated rings. The van der Waals surface area contributed by atoms with Crippen molar-refractivity contribution in [1.29, 1.82) is 0 Å². The summed E-state index contributed by atoms with van der Waals surface area (Å²) in [5, 5.41) is 7.12. The van der Waals surface area contributed by atoms with E-state index in [4.69, 9.17) is 0 Å². The van der Waals surface area contributed by atoms with E-state index in [1.165, 1.54) is 63.4 Å². The van der Waals surface area contributed by atoms with Gasteiger partial charge in [0.2, 0.25) is 0 Å². The molecular weight excluding hydrogens is 360 g/mol. The van der Waals surface area contributed by atoms with Crippen LogP contribution in [0.4, 0.5) is 5.69 Å². The number of likely N-dealkylation sites (N-methyl/N-ethyl adjacent to an activating group) is 1. The van der Waals surface area contributed by atoms with E-state index in [1.54, 1.807) is 0 Å². The lowest BCUT2D eigenvalue weighted by Crippen LogP contribution is -2.46. The first-order valence-corrected chi connectivity index (χ1v) is 11.4. The predicted molar refractivity (Wildman–Crippen MR) is 124 cm³/mol. The summed E-state index contributed by atoms with van der Waals surface area (Å²) in [7, 11) is 1.87. The summed E-state index contributed by atoms with van der Waals surface area (Å²) < 4.78 is 0. The fourth-order valence-corrected chi connectivity index (χ4v) is 4.25. The van der Waals surface area contributed by atoms with Crippen molar-refractivity contribution in [2.45, 2.75) is 39.2 Å². The normalized spacial score (nSPS) is 21.6. The molecule has 0 amide bonds. The summed E-state index contributed by atoms with van der Waals surface area (Å²) >= 11 is 0. The smallest absolute Gasteiger partial charge is 0.191 e. The molecule has 6 heteroatoms. The van der Waals surface area contributed by atoms with E-state index in [2.05, 4.69) is 68.4 Å². The van der Waals surface area contributed by atoms with Crippen LogP contribution in [0.25, 0.3) is 0 Å². The van der Waals surface area contributed by atoms with Crippen LogP contribution in [0.3, 0.4) is 0 Å². The topological polar surface area (TPSA) is 46.1 Å². The molecule has 0 saturated carbocycles. The number of aliphatic imine (C=N–C) groups is 1. The number of benzene rings is 1. The van der Waals surface area contributed by atoms with Gasteiger partial charge >= 0.3 is 0 Å². The van der Waals surface area contributed by atoms with Gasteiger partial charge in [0.25, 0.3) is 0 Å². The van der Waals surface area contributed by atoms with Gasteiger partial charge in [-0.25, -0.2) is 0 Å². The fraction of sp³-hybridized carbons (Fsp3) is 0.696. The number of nitrogens with zero attached hydrogens (tertiary/aromatic N) is 4. The molecule has 162 valence electrons.